The molecular formula is C18H23F3N4OS. The fraction of sp³-hybridized carbons (Fsp3) is 0.611. The normalized spacial score (nSPS) is 23.3. The molecule has 0 aromatic heterocycles. The second-order valence-electron chi connectivity index (χ2n) is 7.17. The third-order valence-corrected chi connectivity index (χ3v) is 6.93. The number of benzene rings is 1. The Hall–Kier alpha value is -1.45. The first-order chi connectivity index (χ1) is 12.9. The summed E-state index contributed by atoms with van der Waals surface area (Å²) in [6, 6.07) is 5.46. The fourth-order valence-corrected chi connectivity index (χ4v) is 5.03. The maximum absolute atomic E-state index is 13.0. The second kappa shape index (κ2) is 7.52. The van der Waals surface area contributed by atoms with Gasteiger partial charge >= 0.3 is 6.18 Å². The smallest absolute Gasteiger partial charge is 0.416 e. The molecule has 1 saturated carbocycles. The van der Waals surface area contributed by atoms with Gasteiger partial charge in [-0.1, -0.05) is 12.5 Å². The monoisotopic (exact) mass is 400 g/mol. The molecule has 0 N–H and O–H groups in total. The van der Waals surface area contributed by atoms with Crippen molar-refractivity contribution in [3.05, 3.63) is 29.8 Å². The Morgan fingerprint density at radius 2 is 1.81 bits per heavy atom. The Balaban J connectivity index is 1.43. The molecule has 0 radical (unpaired) electrons. The highest BCUT2D eigenvalue weighted by atomic mass is 32.2. The fourth-order valence-electron chi connectivity index (χ4n) is 3.78. The summed E-state index contributed by atoms with van der Waals surface area (Å²) in [6.45, 7) is 4.50. The largest absolute Gasteiger partial charge is 0.588 e. The van der Waals surface area contributed by atoms with Crippen molar-refractivity contribution in [1.82, 2.24) is 14.1 Å². The molecule has 3 aliphatic rings. The van der Waals surface area contributed by atoms with Crippen LogP contribution < -0.4 is 0 Å². The van der Waals surface area contributed by atoms with E-state index in [-0.39, 0.29) is 4.90 Å². The Labute approximate surface area is 160 Å². The maximum atomic E-state index is 13.0. The van der Waals surface area contributed by atoms with Crippen LogP contribution in [0.25, 0.3) is 0 Å². The zero-order valence-corrected chi connectivity index (χ0v) is 15.8. The van der Waals surface area contributed by atoms with Gasteiger partial charge in [-0.3, -0.25) is 4.90 Å². The zero-order chi connectivity index (χ0) is 19.0. The SMILES string of the molecule is [O-][S+](c1cccc(C(F)(F)F)c1)N1CCN=C1N1CCN(C2CCC2)CC1. The maximum Gasteiger partial charge on any atom is 0.416 e. The molecule has 1 unspecified atom stereocenters. The van der Waals surface area contributed by atoms with Crippen LogP contribution in [0.3, 0.4) is 0 Å². The number of rotatable bonds is 3. The third-order valence-electron chi connectivity index (χ3n) is 5.53. The number of guanidine groups is 1. The van der Waals surface area contributed by atoms with Crippen LogP contribution in [0.5, 0.6) is 0 Å². The molecule has 2 fully saturated rings. The van der Waals surface area contributed by atoms with Crippen LogP contribution in [-0.2, 0) is 17.5 Å². The van der Waals surface area contributed by atoms with Gasteiger partial charge in [0.1, 0.15) is 11.4 Å². The van der Waals surface area contributed by atoms with E-state index in [9.17, 15) is 17.7 Å². The van der Waals surface area contributed by atoms with Gasteiger partial charge < -0.3 is 9.45 Å². The molecule has 2 aliphatic heterocycles. The number of aliphatic imine (C=N–C) groups is 1. The molecule has 1 aliphatic carbocycles. The number of hydrogen-bond acceptors (Lipinski definition) is 5. The van der Waals surface area contributed by atoms with Crippen LogP contribution >= 0.6 is 0 Å². The van der Waals surface area contributed by atoms with E-state index < -0.39 is 23.1 Å². The van der Waals surface area contributed by atoms with Gasteiger partial charge in [-0.25, -0.2) is 4.99 Å². The highest BCUT2D eigenvalue weighted by molar-refractivity contribution is 7.89. The van der Waals surface area contributed by atoms with E-state index in [1.807, 2.05) is 0 Å². The molecule has 9 heteroatoms. The lowest BCUT2D eigenvalue weighted by Crippen LogP contribution is -2.56. The number of hydrogen-bond donors (Lipinski definition) is 0. The van der Waals surface area contributed by atoms with Gasteiger partial charge in [-0.2, -0.15) is 17.5 Å². The molecular weight excluding hydrogens is 377 g/mol. The van der Waals surface area contributed by atoms with Crippen molar-refractivity contribution < 1.29 is 17.7 Å². The third kappa shape index (κ3) is 3.90. The predicted molar refractivity (Wildman–Crippen MR) is 97.6 cm³/mol. The summed E-state index contributed by atoms with van der Waals surface area (Å²) in [6.07, 6.45) is -0.597. The average Bonchev–Trinajstić information content (AvgIpc) is 3.09. The molecule has 0 amide bonds. The first-order valence-electron chi connectivity index (χ1n) is 9.33. The lowest BCUT2D eigenvalue weighted by Gasteiger charge is -2.43. The minimum atomic E-state index is -4.44. The second-order valence-corrected chi connectivity index (χ2v) is 8.58. The Kier molecular flexibility index (Phi) is 5.26. The first kappa shape index (κ1) is 18.9. The molecule has 1 saturated heterocycles. The van der Waals surface area contributed by atoms with E-state index in [4.69, 9.17) is 0 Å². The van der Waals surface area contributed by atoms with Crippen LogP contribution in [0.2, 0.25) is 0 Å². The summed E-state index contributed by atoms with van der Waals surface area (Å²) in [5.74, 6) is 0.652. The van der Waals surface area contributed by atoms with Crippen molar-refractivity contribution in [3.8, 4) is 0 Å². The molecule has 5 nitrogen and oxygen atoms in total. The summed E-state index contributed by atoms with van der Waals surface area (Å²) in [5, 5.41) is 0. The van der Waals surface area contributed by atoms with Crippen molar-refractivity contribution in [1.29, 1.82) is 0 Å². The number of piperazine rings is 1. The first-order valence-corrected chi connectivity index (χ1v) is 10.4. The highest BCUT2D eigenvalue weighted by Gasteiger charge is 2.38. The van der Waals surface area contributed by atoms with Crippen molar-refractivity contribution in [2.75, 3.05) is 39.3 Å². The molecule has 148 valence electrons. The van der Waals surface area contributed by atoms with Gasteiger partial charge in [0.2, 0.25) is 5.96 Å². The molecule has 2 heterocycles. The Morgan fingerprint density at radius 1 is 1.07 bits per heavy atom. The van der Waals surface area contributed by atoms with Crippen LogP contribution in [0.15, 0.2) is 34.2 Å². The van der Waals surface area contributed by atoms with Gasteiger partial charge in [0.15, 0.2) is 4.90 Å². The van der Waals surface area contributed by atoms with Gasteiger partial charge in [0.05, 0.1) is 18.7 Å². The van der Waals surface area contributed by atoms with Gasteiger partial charge in [-0.05, 0) is 25.0 Å². The van der Waals surface area contributed by atoms with E-state index in [1.54, 1.807) is 4.31 Å². The minimum Gasteiger partial charge on any atom is -0.588 e. The molecule has 1 atom stereocenters. The Bertz CT molecular complexity index is 702. The molecule has 1 aromatic carbocycles. The van der Waals surface area contributed by atoms with E-state index >= 15 is 0 Å². The van der Waals surface area contributed by atoms with Gasteiger partial charge in [0, 0.05) is 38.3 Å². The average molecular weight is 400 g/mol. The van der Waals surface area contributed by atoms with Crippen molar-refractivity contribution >= 4 is 17.3 Å². The Morgan fingerprint density at radius 3 is 2.44 bits per heavy atom. The zero-order valence-electron chi connectivity index (χ0n) is 15.0. The molecule has 0 bridgehead atoms. The quantitative estimate of drug-likeness (QED) is 0.732. The van der Waals surface area contributed by atoms with Crippen LogP contribution in [0.4, 0.5) is 13.2 Å². The summed E-state index contributed by atoms with van der Waals surface area (Å²) in [4.78, 5) is 9.28. The molecule has 0 spiro atoms. The summed E-state index contributed by atoms with van der Waals surface area (Å²) >= 11 is -1.70. The van der Waals surface area contributed by atoms with Crippen molar-refractivity contribution in [3.63, 3.8) is 0 Å². The number of alkyl halides is 3. The van der Waals surface area contributed by atoms with Crippen molar-refractivity contribution in [2.24, 2.45) is 4.99 Å². The van der Waals surface area contributed by atoms with Crippen LogP contribution in [-0.4, -0.2) is 69.9 Å². The van der Waals surface area contributed by atoms with E-state index in [2.05, 4.69) is 14.8 Å². The standard InChI is InChI=1S/C18H23F3N4OS/c19-18(20,21)14-3-1-6-16(13-14)27(26)25-8-7-22-17(25)24-11-9-23(10-12-24)15-4-2-5-15/h1,3,6,13,15H,2,4-5,7-12H2. The van der Waals surface area contributed by atoms with Crippen LogP contribution in [0, 0.1) is 0 Å². The number of nitrogens with zero attached hydrogens (tertiary/aromatic N) is 4. The van der Waals surface area contributed by atoms with E-state index in [1.165, 1.54) is 31.4 Å². The molecule has 4 rings (SSSR count). The lowest BCUT2D eigenvalue weighted by molar-refractivity contribution is -0.137. The predicted octanol–water partition coefficient (Wildman–Crippen LogP) is 2.57. The van der Waals surface area contributed by atoms with Crippen molar-refractivity contribution in [2.45, 2.75) is 36.4 Å². The summed E-state index contributed by atoms with van der Waals surface area (Å²) in [7, 11) is 0. The van der Waals surface area contributed by atoms with Gasteiger partial charge in [-0.15, -0.1) is 0 Å². The van der Waals surface area contributed by atoms with E-state index in [0.29, 0.717) is 25.1 Å². The molecule has 1 aromatic rings. The molecule has 27 heavy (non-hydrogen) atoms. The summed E-state index contributed by atoms with van der Waals surface area (Å²) in [5.41, 5.74) is -0.778. The lowest BCUT2D eigenvalue weighted by atomic mass is 9.91. The van der Waals surface area contributed by atoms with E-state index in [0.717, 1.165) is 38.3 Å². The van der Waals surface area contributed by atoms with Crippen LogP contribution in [0.1, 0.15) is 24.8 Å². The minimum absolute atomic E-state index is 0.160. The van der Waals surface area contributed by atoms with Gasteiger partial charge in [0.25, 0.3) is 0 Å². The number of halogens is 3. The highest BCUT2D eigenvalue weighted by Crippen LogP contribution is 2.32. The summed E-state index contributed by atoms with van der Waals surface area (Å²) < 4.78 is 53.5. The topological polar surface area (TPSA) is 45.1 Å².